The fourth-order valence-corrected chi connectivity index (χ4v) is 3.75. The van der Waals surface area contributed by atoms with Crippen molar-refractivity contribution in [3.63, 3.8) is 0 Å². The number of esters is 1. The second kappa shape index (κ2) is 6.91. The van der Waals surface area contributed by atoms with Crippen molar-refractivity contribution in [1.29, 1.82) is 0 Å². The summed E-state index contributed by atoms with van der Waals surface area (Å²) >= 11 is 0. The first-order chi connectivity index (χ1) is 12.3. The molecule has 2 fully saturated rings. The Kier molecular flexibility index (Phi) is 4.48. The van der Waals surface area contributed by atoms with Gasteiger partial charge in [-0.1, -0.05) is 42.5 Å². The number of hydrogen-bond donors (Lipinski definition) is 1. The zero-order chi connectivity index (χ0) is 17.2. The number of carbonyl (C=O) groups excluding carboxylic acids is 1. The van der Waals surface area contributed by atoms with E-state index in [4.69, 9.17) is 4.74 Å². The summed E-state index contributed by atoms with van der Waals surface area (Å²) < 4.78 is 5.31. The molecule has 0 spiro atoms. The minimum Gasteiger partial charge on any atom is -0.466 e. The first-order valence-corrected chi connectivity index (χ1v) is 9.33. The topological polar surface area (TPSA) is 38.3 Å². The maximum atomic E-state index is 12.4. The Labute approximate surface area is 149 Å². The summed E-state index contributed by atoms with van der Waals surface area (Å²) in [4.78, 5) is 12.4. The van der Waals surface area contributed by atoms with Crippen LogP contribution in [0.2, 0.25) is 0 Å². The number of benzene rings is 2. The van der Waals surface area contributed by atoms with Crippen LogP contribution in [0.5, 0.6) is 0 Å². The van der Waals surface area contributed by atoms with Crippen molar-refractivity contribution in [3.05, 3.63) is 65.7 Å². The standard InChI is InChI=1S/C22H25NO2/c1-2-25-22(24)21-19(16-6-4-3-5-7-16)20(21)17-10-12-18(13-11-17)23-14-15-8-9-15/h3-7,10-13,15,19-21,23H,2,8-9,14H2,1H3/t19-,20-,21-/m1/s1. The first-order valence-electron chi connectivity index (χ1n) is 9.33. The van der Waals surface area contributed by atoms with Crippen molar-refractivity contribution in [3.8, 4) is 0 Å². The molecular formula is C22H25NO2. The van der Waals surface area contributed by atoms with Gasteiger partial charge in [0, 0.05) is 24.1 Å². The largest absolute Gasteiger partial charge is 0.466 e. The number of ether oxygens (including phenoxy) is 1. The molecule has 0 radical (unpaired) electrons. The van der Waals surface area contributed by atoms with E-state index >= 15 is 0 Å². The molecule has 3 heteroatoms. The lowest BCUT2D eigenvalue weighted by atomic mass is 10.0. The average Bonchev–Trinajstić information content (AvgIpc) is 3.55. The van der Waals surface area contributed by atoms with Crippen LogP contribution >= 0.6 is 0 Å². The SMILES string of the molecule is CCOC(=O)[C@@H]1[C@H](c2ccccc2)[C@H]1c1ccc(NCC2CC2)cc1. The van der Waals surface area contributed by atoms with Crippen molar-refractivity contribution in [1.82, 2.24) is 0 Å². The van der Waals surface area contributed by atoms with E-state index in [1.54, 1.807) is 0 Å². The lowest BCUT2D eigenvalue weighted by molar-refractivity contribution is -0.144. The Balaban J connectivity index is 1.50. The van der Waals surface area contributed by atoms with Gasteiger partial charge in [0.1, 0.15) is 0 Å². The van der Waals surface area contributed by atoms with E-state index in [2.05, 4.69) is 41.7 Å². The van der Waals surface area contributed by atoms with Crippen LogP contribution in [0, 0.1) is 11.8 Å². The van der Waals surface area contributed by atoms with Gasteiger partial charge in [-0.05, 0) is 48.9 Å². The number of nitrogens with one attached hydrogen (secondary N) is 1. The minimum atomic E-state index is -0.0720. The molecule has 0 heterocycles. The van der Waals surface area contributed by atoms with Crippen LogP contribution in [0.25, 0.3) is 0 Å². The summed E-state index contributed by atoms with van der Waals surface area (Å²) in [6.45, 7) is 3.38. The van der Waals surface area contributed by atoms with Crippen LogP contribution in [0.3, 0.4) is 0 Å². The third-order valence-corrected chi connectivity index (χ3v) is 5.35. The molecule has 2 aliphatic rings. The summed E-state index contributed by atoms with van der Waals surface area (Å²) in [6.07, 6.45) is 2.71. The van der Waals surface area contributed by atoms with Crippen LogP contribution in [-0.2, 0) is 9.53 Å². The van der Waals surface area contributed by atoms with Gasteiger partial charge in [-0.25, -0.2) is 0 Å². The summed E-state index contributed by atoms with van der Waals surface area (Å²) in [7, 11) is 0. The molecular weight excluding hydrogens is 310 g/mol. The molecule has 3 atom stereocenters. The molecule has 0 unspecified atom stereocenters. The van der Waals surface area contributed by atoms with Gasteiger partial charge in [-0.15, -0.1) is 0 Å². The first kappa shape index (κ1) is 16.2. The second-order valence-electron chi connectivity index (χ2n) is 7.19. The molecule has 1 N–H and O–H groups in total. The Bertz CT molecular complexity index is 721. The van der Waals surface area contributed by atoms with Crippen LogP contribution in [0.1, 0.15) is 42.7 Å². The minimum absolute atomic E-state index is 0.0624. The third kappa shape index (κ3) is 3.55. The zero-order valence-corrected chi connectivity index (χ0v) is 14.7. The predicted molar refractivity (Wildman–Crippen MR) is 99.7 cm³/mol. The lowest BCUT2D eigenvalue weighted by Gasteiger charge is -2.07. The zero-order valence-electron chi connectivity index (χ0n) is 14.7. The van der Waals surface area contributed by atoms with Gasteiger partial charge in [-0.2, -0.15) is 0 Å². The quantitative estimate of drug-likeness (QED) is 0.753. The van der Waals surface area contributed by atoms with E-state index < -0.39 is 0 Å². The smallest absolute Gasteiger partial charge is 0.310 e. The van der Waals surface area contributed by atoms with E-state index in [9.17, 15) is 4.79 Å². The van der Waals surface area contributed by atoms with Crippen molar-refractivity contribution in [2.45, 2.75) is 31.6 Å². The van der Waals surface area contributed by atoms with E-state index in [1.165, 1.54) is 29.7 Å². The van der Waals surface area contributed by atoms with E-state index in [0.717, 1.165) is 12.5 Å². The molecule has 3 nitrogen and oxygen atoms in total. The molecule has 2 aliphatic carbocycles. The van der Waals surface area contributed by atoms with Gasteiger partial charge >= 0.3 is 5.97 Å². The van der Waals surface area contributed by atoms with Crippen LogP contribution in [0.4, 0.5) is 5.69 Å². The predicted octanol–water partition coefficient (Wildman–Crippen LogP) is 4.57. The number of anilines is 1. The lowest BCUT2D eigenvalue weighted by Crippen LogP contribution is -2.08. The van der Waals surface area contributed by atoms with Gasteiger partial charge in [0.2, 0.25) is 0 Å². The molecule has 2 aromatic carbocycles. The molecule has 2 aromatic rings. The Morgan fingerprint density at radius 1 is 1.00 bits per heavy atom. The van der Waals surface area contributed by atoms with Crippen LogP contribution in [-0.4, -0.2) is 19.1 Å². The van der Waals surface area contributed by atoms with Crippen molar-refractivity contribution >= 4 is 11.7 Å². The summed E-state index contributed by atoms with van der Waals surface area (Å²) in [5, 5.41) is 3.50. The highest BCUT2D eigenvalue weighted by Crippen LogP contribution is 2.61. The fraction of sp³-hybridized carbons (Fsp3) is 0.409. The van der Waals surface area contributed by atoms with E-state index in [-0.39, 0.29) is 23.7 Å². The molecule has 130 valence electrons. The second-order valence-corrected chi connectivity index (χ2v) is 7.19. The molecule has 0 bridgehead atoms. The van der Waals surface area contributed by atoms with Crippen molar-refractivity contribution in [2.24, 2.45) is 11.8 Å². The summed E-state index contributed by atoms with van der Waals surface area (Å²) in [5.41, 5.74) is 3.62. The molecule has 0 amide bonds. The van der Waals surface area contributed by atoms with Gasteiger partial charge in [0.15, 0.2) is 0 Å². The van der Waals surface area contributed by atoms with Gasteiger partial charge < -0.3 is 10.1 Å². The van der Waals surface area contributed by atoms with E-state index in [1.807, 2.05) is 25.1 Å². The Morgan fingerprint density at radius 3 is 2.24 bits per heavy atom. The number of carbonyl (C=O) groups is 1. The normalized spacial score (nSPS) is 24.6. The van der Waals surface area contributed by atoms with Crippen LogP contribution in [0.15, 0.2) is 54.6 Å². The van der Waals surface area contributed by atoms with Crippen molar-refractivity contribution in [2.75, 3.05) is 18.5 Å². The van der Waals surface area contributed by atoms with Crippen LogP contribution < -0.4 is 5.32 Å². The highest BCUT2D eigenvalue weighted by molar-refractivity contribution is 5.80. The molecule has 0 aliphatic heterocycles. The van der Waals surface area contributed by atoms with E-state index in [0.29, 0.717) is 6.61 Å². The monoisotopic (exact) mass is 335 g/mol. The van der Waals surface area contributed by atoms with Gasteiger partial charge in [0.25, 0.3) is 0 Å². The molecule has 4 rings (SSSR count). The molecule has 0 aromatic heterocycles. The maximum Gasteiger partial charge on any atom is 0.310 e. The summed E-state index contributed by atoms with van der Waals surface area (Å²) in [5.74, 6) is 1.17. The van der Waals surface area contributed by atoms with Gasteiger partial charge in [-0.3, -0.25) is 4.79 Å². The highest BCUT2D eigenvalue weighted by Gasteiger charge is 2.56. The summed E-state index contributed by atoms with van der Waals surface area (Å²) in [6, 6.07) is 18.9. The third-order valence-electron chi connectivity index (χ3n) is 5.35. The number of hydrogen-bond acceptors (Lipinski definition) is 3. The Morgan fingerprint density at radius 2 is 1.64 bits per heavy atom. The Hall–Kier alpha value is -2.29. The molecule has 0 saturated heterocycles. The molecule has 2 saturated carbocycles. The average molecular weight is 335 g/mol. The highest BCUT2D eigenvalue weighted by atomic mass is 16.5. The number of rotatable bonds is 7. The van der Waals surface area contributed by atoms with Crippen molar-refractivity contribution < 1.29 is 9.53 Å². The fourth-order valence-electron chi connectivity index (χ4n) is 3.75. The maximum absolute atomic E-state index is 12.4. The molecule has 25 heavy (non-hydrogen) atoms. The van der Waals surface area contributed by atoms with Gasteiger partial charge in [0.05, 0.1) is 12.5 Å².